The van der Waals surface area contributed by atoms with E-state index in [4.69, 9.17) is 4.74 Å². The van der Waals surface area contributed by atoms with Crippen LogP contribution >= 0.6 is 0 Å². The third-order valence-corrected chi connectivity index (χ3v) is 3.90. The number of allylic oxidation sites excluding steroid dienone is 1. The van der Waals surface area contributed by atoms with Gasteiger partial charge in [-0.25, -0.2) is 9.07 Å². The predicted octanol–water partition coefficient (Wildman–Crippen LogP) is 2.91. The number of nitrogens with zero attached hydrogens (tertiary/aromatic N) is 3. The molecule has 126 valence electrons. The Hall–Kier alpha value is -2.70. The molecule has 0 spiro atoms. The fraction of sp³-hybridized carbons (Fsp3) is 0.353. The Morgan fingerprint density at radius 1 is 1.46 bits per heavy atom. The third kappa shape index (κ3) is 2.89. The van der Waals surface area contributed by atoms with Gasteiger partial charge >= 0.3 is 5.97 Å². The van der Waals surface area contributed by atoms with Crippen molar-refractivity contribution in [2.45, 2.75) is 26.3 Å². The summed E-state index contributed by atoms with van der Waals surface area (Å²) >= 11 is 0. The van der Waals surface area contributed by atoms with E-state index < -0.39 is 12.0 Å². The summed E-state index contributed by atoms with van der Waals surface area (Å²) in [5.74, 6) is -0.859. The second-order valence-electron chi connectivity index (χ2n) is 5.45. The van der Waals surface area contributed by atoms with Crippen molar-refractivity contribution in [3.05, 3.63) is 53.7 Å². The molecule has 0 unspecified atom stereocenters. The van der Waals surface area contributed by atoms with E-state index in [1.807, 2.05) is 13.0 Å². The Morgan fingerprint density at radius 3 is 3.00 bits per heavy atom. The van der Waals surface area contributed by atoms with Crippen molar-refractivity contribution in [3.63, 3.8) is 0 Å². The number of carbonyl (C=O) groups excluding carboxylic acids is 1. The minimum absolute atomic E-state index is 0.273. The van der Waals surface area contributed by atoms with Crippen LogP contribution in [-0.2, 0) is 9.53 Å². The normalized spacial score (nSPS) is 21.2. The molecule has 2 atom stereocenters. The van der Waals surface area contributed by atoms with Crippen molar-refractivity contribution in [1.29, 1.82) is 0 Å². The van der Waals surface area contributed by atoms with Crippen molar-refractivity contribution in [2.24, 2.45) is 5.92 Å². The van der Waals surface area contributed by atoms with Gasteiger partial charge in [-0.1, -0.05) is 25.1 Å². The largest absolute Gasteiger partial charge is 0.465 e. The van der Waals surface area contributed by atoms with Gasteiger partial charge in [-0.05, 0) is 31.0 Å². The molecule has 1 aromatic heterocycles. The van der Waals surface area contributed by atoms with E-state index in [1.54, 1.807) is 23.7 Å². The van der Waals surface area contributed by atoms with Gasteiger partial charge in [-0.3, -0.25) is 4.79 Å². The van der Waals surface area contributed by atoms with Crippen molar-refractivity contribution < 1.29 is 13.9 Å². The number of hydrogen-bond donors (Lipinski definition) is 1. The molecule has 2 aromatic rings. The maximum Gasteiger partial charge on any atom is 0.317 e. The van der Waals surface area contributed by atoms with E-state index in [-0.39, 0.29) is 18.4 Å². The molecule has 0 radical (unpaired) electrons. The first-order valence-electron chi connectivity index (χ1n) is 7.94. The highest BCUT2D eigenvalue weighted by molar-refractivity contribution is 5.79. The number of hydrogen-bond acceptors (Lipinski definition) is 5. The molecule has 6 nitrogen and oxygen atoms in total. The number of esters is 1. The zero-order valence-corrected chi connectivity index (χ0v) is 13.6. The lowest BCUT2D eigenvalue weighted by molar-refractivity contribution is -0.147. The number of nitrogens with one attached hydrogen (secondary N) is 1. The van der Waals surface area contributed by atoms with E-state index in [1.165, 1.54) is 18.5 Å². The van der Waals surface area contributed by atoms with Crippen molar-refractivity contribution in [2.75, 3.05) is 11.9 Å². The Morgan fingerprint density at radius 2 is 2.29 bits per heavy atom. The molecule has 0 saturated heterocycles. The molecule has 1 aromatic carbocycles. The van der Waals surface area contributed by atoms with Gasteiger partial charge < -0.3 is 10.1 Å². The summed E-state index contributed by atoms with van der Waals surface area (Å²) in [6.45, 7) is 4.01. The van der Waals surface area contributed by atoms with Crippen LogP contribution in [0.2, 0.25) is 0 Å². The smallest absolute Gasteiger partial charge is 0.317 e. The summed E-state index contributed by atoms with van der Waals surface area (Å²) < 4.78 is 20.6. The maximum atomic E-state index is 13.8. The quantitative estimate of drug-likeness (QED) is 0.873. The van der Waals surface area contributed by atoms with Crippen LogP contribution in [0.4, 0.5) is 10.3 Å². The second-order valence-corrected chi connectivity index (χ2v) is 5.45. The molecule has 0 amide bonds. The zero-order valence-electron chi connectivity index (χ0n) is 13.6. The van der Waals surface area contributed by atoms with E-state index in [2.05, 4.69) is 15.4 Å². The van der Waals surface area contributed by atoms with E-state index in [0.717, 1.165) is 6.42 Å². The number of rotatable bonds is 4. The number of ether oxygens (including phenoxy) is 1. The van der Waals surface area contributed by atoms with Crippen LogP contribution in [0.5, 0.6) is 0 Å². The van der Waals surface area contributed by atoms with E-state index in [9.17, 15) is 9.18 Å². The van der Waals surface area contributed by atoms with Gasteiger partial charge in [0.1, 0.15) is 18.1 Å². The van der Waals surface area contributed by atoms with Crippen LogP contribution in [0.3, 0.4) is 0 Å². The van der Waals surface area contributed by atoms with Gasteiger partial charge in [-0.15, -0.1) is 0 Å². The second kappa shape index (κ2) is 6.82. The average Bonchev–Trinajstić information content (AvgIpc) is 3.02. The first-order chi connectivity index (χ1) is 11.7. The minimum Gasteiger partial charge on any atom is -0.465 e. The van der Waals surface area contributed by atoms with Gasteiger partial charge in [0.25, 0.3) is 0 Å². The highest BCUT2D eigenvalue weighted by Gasteiger charge is 2.41. The van der Waals surface area contributed by atoms with E-state index in [0.29, 0.717) is 17.2 Å². The topological polar surface area (TPSA) is 69.0 Å². The molecule has 1 aliphatic rings. The van der Waals surface area contributed by atoms with Crippen LogP contribution in [-0.4, -0.2) is 27.3 Å². The standard InChI is InChI=1S/C17H19FN4O2/c1-3-6-13-14(16(23)24-4-2)15(11-7-5-8-12(18)9-11)22-17(21-13)19-10-20-22/h5-10,14-15H,3-4H2,1-2H3,(H,19,20,21)/b13-6+/t14-,15+/m1/s1. The molecular weight excluding hydrogens is 311 g/mol. The summed E-state index contributed by atoms with van der Waals surface area (Å²) in [4.78, 5) is 16.8. The first-order valence-corrected chi connectivity index (χ1v) is 7.94. The number of aromatic nitrogens is 3. The summed E-state index contributed by atoms with van der Waals surface area (Å²) in [6, 6.07) is 5.66. The van der Waals surface area contributed by atoms with Crippen molar-refractivity contribution >= 4 is 11.9 Å². The third-order valence-electron chi connectivity index (χ3n) is 3.90. The Labute approximate surface area is 139 Å². The number of benzene rings is 1. The molecule has 0 aliphatic carbocycles. The molecule has 2 heterocycles. The molecule has 3 rings (SSSR count). The summed E-state index contributed by atoms with van der Waals surface area (Å²) in [6.07, 6.45) is 4.07. The summed E-state index contributed by atoms with van der Waals surface area (Å²) in [5.41, 5.74) is 1.34. The highest BCUT2D eigenvalue weighted by Crippen LogP contribution is 2.38. The van der Waals surface area contributed by atoms with Crippen molar-refractivity contribution in [1.82, 2.24) is 14.8 Å². The van der Waals surface area contributed by atoms with E-state index >= 15 is 0 Å². The maximum absolute atomic E-state index is 13.8. The first kappa shape index (κ1) is 16.2. The van der Waals surface area contributed by atoms with Gasteiger partial charge in [0.15, 0.2) is 0 Å². The van der Waals surface area contributed by atoms with Gasteiger partial charge in [-0.2, -0.15) is 10.1 Å². The molecule has 1 N–H and O–H groups in total. The Bertz CT molecular complexity index is 771. The lowest BCUT2D eigenvalue weighted by Gasteiger charge is -2.33. The van der Waals surface area contributed by atoms with Gasteiger partial charge in [0.05, 0.1) is 12.6 Å². The minimum atomic E-state index is -0.638. The van der Waals surface area contributed by atoms with Crippen LogP contribution in [0, 0.1) is 11.7 Å². The van der Waals surface area contributed by atoms with Gasteiger partial charge in [0, 0.05) is 5.70 Å². The Balaban J connectivity index is 2.15. The molecule has 0 saturated carbocycles. The molecule has 0 fully saturated rings. The zero-order chi connectivity index (χ0) is 17.1. The number of fused-ring (bicyclic) bond motifs is 1. The van der Waals surface area contributed by atoms with Crippen LogP contribution in [0.15, 0.2) is 42.4 Å². The number of halogens is 1. The van der Waals surface area contributed by atoms with Crippen LogP contribution in [0.1, 0.15) is 31.9 Å². The lowest BCUT2D eigenvalue weighted by Crippen LogP contribution is -2.38. The van der Waals surface area contributed by atoms with Crippen molar-refractivity contribution in [3.8, 4) is 0 Å². The molecule has 7 heteroatoms. The van der Waals surface area contributed by atoms with Crippen LogP contribution < -0.4 is 5.32 Å². The highest BCUT2D eigenvalue weighted by atomic mass is 19.1. The molecule has 24 heavy (non-hydrogen) atoms. The average molecular weight is 330 g/mol. The lowest BCUT2D eigenvalue weighted by atomic mass is 9.88. The fourth-order valence-corrected chi connectivity index (χ4v) is 2.97. The SMILES string of the molecule is CC/C=C1/Nc2ncnn2[C@@H](c2cccc(F)c2)[C@@H]1C(=O)OCC. The molecule has 1 aliphatic heterocycles. The summed E-state index contributed by atoms with van der Waals surface area (Å²) in [7, 11) is 0. The molecule has 0 bridgehead atoms. The fourth-order valence-electron chi connectivity index (χ4n) is 2.97. The van der Waals surface area contributed by atoms with Gasteiger partial charge in [0.2, 0.25) is 5.95 Å². The Kier molecular flexibility index (Phi) is 4.59. The summed E-state index contributed by atoms with van der Waals surface area (Å²) in [5, 5.41) is 7.35. The number of carbonyl (C=O) groups is 1. The molecular formula is C17H19FN4O2. The van der Waals surface area contributed by atoms with Crippen LogP contribution in [0.25, 0.3) is 0 Å². The monoisotopic (exact) mass is 330 g/mol. The predicted molar refractivity (Wildman–Crippen MR) is 86.7 cm³/mol. The number of anilines is 1.